The van der Waals surface area contributed by atoms with Crippen molar-refractivity contribution >= 4 is 5.97 Å². The zero-order valence-electron chi connectivity index (χ0n) is 14.6. The van der Waals surface area contributed by atoms with E-state index in [9.17, 15) is 4.79 Å². The van der Waals surface area contributed by atoms with Gasteiger partial charge in [-0.15, -0.1) is 0 Å². The van der Waals surface area contributed by atoms with Crippen molar-refractivity contribution in [3.63, 3.8) is 0 Å². The van der Waals surface area contributed by atoms with Gasteiger partial charge in [-0.25, -0.2) is 4.79 Å². The summed E-state index contributed by atoms with van der Waals surface area (Å²) in [5.74, 6) is 0.971. The van der Waals surface area contributed by atoms with E-state index in [1.165, 1.54) is 18.4 Å². The molecular weight excluding hydrogens is 286 g/mol. The van der Waals surface area contributed by atoms with Crippen molar-refractivity contribution in [1.29, 1.82) is 0 Å². The van der Waals surface area contributed by atoms with Gasteiger partial charge in [0.25, 0.3) is 0 Å². The van der Waals surface area contributed by atoms with Gasteiger partial charge >= 0.3 is 5.97 Å². The maximum Gasteiger partial charge on any atom is 0.330 e. The Morgan fingerprint density at radius 1 is 1.22 bits per heavy atom. The average molecular weight is 315 g/mol. The molecule has 2 rings (SSSR count). The fourth-order valence-electron chi connectivity index (χ4n) is 3.70. The molecule has 1 saturated carbocycles. The van der Waals surface area contributed by atoms with Crippen LogP contribution in [0, 0.1) is 11.8 Å². The van der Waals surface area contributed by atoms with Crippen LogP contribution in [0.15, 0.2) is 42.5 Å². The van der Waals surface area contributed by atoms with Crippen LogP contribution < -0.4 is 0 Å². The molecule has 0 aromatic heterocycles. The van der Waals surface area contributed by atoms with Gasteiger partial charge in [-0.1, -0.05) is 36.4 Å². The van der Waals surface area contributed by atoms with Crippen molar-refractivity contribution in [2.75, 3.05) is 20.7 Å². The lowest BCUT2D eigenvalue weighted by atomic mass is 9.76. The minimum Gasteiger partial charge on any atom is -0.463 e. The summed E-state index contributed by atoms with van der Waals surface area (Å²) >= 11 is 0. The number of ether oxygens (including phenoxy) is 1. The molecule has 0 radical (unpaired) electrons. The van der Waals surface area contributed by atoms with E-state index in [0.29, 0.717) is 24.5 Å². The second kappa shape index (κ2) is 8.88. The molecule has 3 nitrogen and oxygen atoms in total. The van der Waals surface area contributed by atoms with Gasteiger partial charge in [0.1, 0.15) is 0 Å². The summed E-state index contributed by atoms with van der Waals surface area (Å²) in [5.41, 5.74) is 1.41. The van der Waals surface area contributed by atoms with E-state index in [-0.39, 0.29) is 5.97 Å². The van der Waals surface area contributed by atoms with E-state index in [2.05, 4.69) is 49.3 Å². The first-order valence-electron chi connectivity index (χ1n) is 8.68. The van der Waals surface area contributed by atoms with E-state index in [4.69, 9.17) is 4.74 Å². The Bertz CT molecular complexity index is 502. The highest BCUT2D eigenvalue weighted by atomic mass is 16.5. The van der Waals surface area contributed by atoms with E-state index in [0.717, 1.165) is 12.8 Å². The minimum atomic E-state index is -0.218. The molecule has 0 spiro atoms. The summed E-state index contributed by atoms with van der Waals surface area (Å²) in [6, 6.07) is 11.3. The fraction of sp³-hybridized carbons (Fsp3) is 0.550. The Morgan fingerprint density at radius 3 is 2.43 bits per heavy atom. The van der Waals surface area contributed by atoms with E-state index < -0.39 is 0 Å². The molecule has 0 heterocycles. The van der Waals surface area contributed by atoms with Crippen LogP contribution in [0.1, 0.15) is 44.2 Å². The number of carbonyl (C=O) groups excluding carboxylic acids is 1. The van der Waals surface area contributed by atoms with Gasteiger partial charge in [0, 0.05) is 12.1 Å². The predicted molar refractivity (Wildman–Crippen MR) is 94.1 cm³/mol. The van der Waals surface area contributed by atoms with Crippen molar-refractivity contribution in [2.45, 2.75) is 38.6 Å². The predicted octanol–water partition coefficient (Wildman–Crippen LogP) is 4.22. The summed E-state index contributed by atoms with van der Waals surface area (Å²) in [6.45, 7) is 2.28. The van der Waals surface area contributed by atoms with Gasteiger partial charge in [0.15, 0.2) is 0 Å². The van der Waals surface area contributed by atoms with Crippen LogP contribution in [-0.2, 0) is 9.53 Å². The zero-order valence-corrected chi connectivity index (χ0v) is 14.6. The third-order valence-corrected chi connectivity index (χ3v) is 4.75. The number of esters is 1. The molecule has 0 N–H and O–H groups in total. The Balaban J connectivity index is 1.93. The van der Waals surface area contributed by atoms with Crippen molar-refractivity contribution in [1.82, 2.24) is 4.90 Å². The number of hydrogen-bond acceptors (Lipinski definition) is 3. The third-order valence-electron chi connectivity index (χ3n) is 4.75. The molecule has 1 aliphatic rings. The topological polar surface area (TPSA) is 29.5 Å². The smallest absolute Gasteiger partial charge is 0.330 e. The van der Waals surface area contributed by atoms with Crippen molar-refractivity contribution < 1.29 is 9.53 Å². The first-order chi connectivity index (χ1) is 11.1. The summed E-state index contributed by atoms with van der Waals surface area (Å²) in [5, 5.41) is 0. The molecule has 1 aromatic carbocycles. The molecule has 1 fully saturated rings. The fourth-order valence-corrected chi connectivity index (χ4v) is 3.70. The molecule has 126 valence electrons. The molecular formula is C20H29NO2. The highest BCUT2D eigenvalue weighted by molar-refractivity contribution is 5.81. The summed E-state index contributed by atoms with van der Waals surface area (Å²) in [4.78, 5) is 13.8. The molecule has 0 amide bonds. The van der Waals surface area contributed by atoms with Gasteiger partial charge in [-0.05, 0) is 64.1 Å². The van der Waals surface area contributed by atoms with Crippen LogP contribution in [0.25, 0.3) is 0 Å². The second-order valence-electron chi connectivity index (χ2n) is 6.61. The van der Waals surface area contributed by atoms with E-state index in [1.807, 2.05) is 13.0 Å². The van der Waals surface area contributed by atoms with Crippen LogP contribution in [0.2, 0.25) is 0 Å². The molecule has 0 bridgehead atoms. The SMILES string of the molecule is CCOC(=O)C=CC1CCC(C(c2ccccc2)N(C)C)CC1. The van der Waals surface area contributed by atoms with Crippen LogP contribution in [0.3, 0.4) is 0 Å². The number of hydrogen-bond donors (Lipinski definition) is 0. The number of nitrogens with zero attached hydrogens (tertiary/aromatic N) is 1. The van der Waals surface area contributed by atoms with Crippen molar-refractivity contribution in [3.8, 4) is 0 Å². The second-order valence-corrected chi connectivity index (χ2v) is 6.61. The molecule has 23 heavy (non-hydrogen) atoms. The lowest BCUT2D eigenvalue weighted by molar-refractivity contribution is -0.137. The Morgan fingerprint density at radius 2 is 1.87 bits per heavy atom. The lowest BCUT2D eigenvalue weighted by Crippen LogP contribution is -2.30. The highest BCUT2D eigenvalue weighted by Gasteiger charge is 2.29. The minimum absolute atomic E-state index is 0.218. The normalized spacial score (nSPS) is 23.1. The van der Waals surface area contributed by atoms with Crippen LogP contribution in [-0.4, -0.2) is 31.6 Å². The van der Waals surface area contributed by atoms with Crippen LogP contribution >= 0.6 is 0 Å². The van der Waals surface area contributed by atoms with Crippen molar-refractivity contribution in [2.24, 2.45) is 11.8 Å². The van der Waals surface area contributed by atoms with Crippen LogP contribution in [0.5, 0.6) is 0 Å². The number of rotatable bonds is 6. The first-order valence-corrected chi connectivity index (χ1v) is 8.68. The zero-order chi connectivity index (χ0) is 16.7. The van der Waals surface area contributed by atoms with E-state index in [1.54, 1.807) is 6.08 Å². The number of carbonyl (C=O) groups is 1. The third kappa shape index (κ3) is 5.21. The monoisotopic (exact) mass is 315 g/mol. The lowest BCUT2D eigenvalue weighted by Gasteiger charge is -2.37. The first kappa shape index (κ1) is 17.7. The molecule has 1 aliphatic carbocycles. The average Bonchev–Trinajstić information content (AvgIpc) is 2.55. The molecule has 0 saturated heterocycles. The van der Waals surface area contributed by atoms with Gasteiger partial charge < -0.3 is 9.64 Å². The van der Waals surface area contributed by atoms with E-state index >= 15 is 0 Å². The summed E-state index contributed by atoms with van der Waals surface area (Å²) in [6.07, 6.45) is 8.36. The molecule has 1 aromatic rings. The number of benzene rings is 1. The quantitative estimate of drug-likeness (QED) is 0.581. The summed E-state index contributed by atoms with van der Waals surface area (Å²) in [7, 11) is 4.34. The van der Waals surface area contributed by atoms with Gasteiger partial charge in [0.2, 0.25) is 0 Å². The number of allylic oxidation sites excluding steroid dienone is 1. The van der Waals surface area contributed by atoms with Gasteiger partial charge in [0.05, 0.1) is 6.61 Å². The molecule has 0 aliphatic heterocycles. The Hall–Kier alpha value is -1.61. The summed E-state index contributed by atoms with van der Waals surface area (Å²) < 4.78 is 4.95. The molecule has 3 heteroatoms. The maximum atomic E-state index is 11.4. The Labute approximate surface area is 140 Å². The van der Waals surface area contributed by atoms with Crippen LogP contribution in [0.4, 0.5) is 0 Å². The molecule has 1 unspecified atom stereocenters. The van der Waals surface area contributed by atoms with Crippen molar-refractivity contribution in [3.05, 3.63) is 48.0 Å². The Kier molecular flexibility index (Phi) is 6.85. The molecule has 1 atom stereocenters. The maximum absolute atomic E-state index is 11.4. The standard InChI is InChI=1S/C20H29NO2/c1-4-23-19(22)15-12-16-10-13-18(14-11-16)20(21(2)3)17-8-6-5-7-9-17/h5-9,12,15-16,18,20H,4,10-11,13-14H2,1-3H3. The highest BCUT2D eigenvalue weighted by Crippen LogP contribution is 2.39. The van der Waals surface area contributed by atoms with Gasteiger partial charge in [-0.3, -0.25) is 0 Å². The van der Waals surface area contributed by atoms with Gasteiger partial charge in [-0.2, -0.15) is 0 Å². The largest absolute Gasteiger partial charge is 0.463 e.